The summed E-state index contributed by atoms with van der Waals surface area (Å²) in [5.74, 6) is 0.233. The third-order valence-corrected chi connectivity index (χ3v) is 5.13. The minimum atomic E-state index is -0.908. The van der Waals surface area contributed by atoms with Crippen LogP contribution in [0.2, 0.25) is 0 Å². The number of aromatic nitrogens is 1. The van der Waals surface area contributed by atoms with Crippen molar-refractivity contribution < 1.29 is 14.8 Å². The maximum absolute atomic E-state index is 12.2. The highest BCUT2D eigenvalue weighted by atomic mass is 32.1. The molecule has 9 heteroatoms. The van der Waals surface area contributed by atoms with Crippen molar-refractivity contribution in [1.82, 2.24) is 9.47 Å². The largest absolute Gasteiger partial charge is 0.465 e. The Morgan fingerprint density at radius 1 is 1.39 bits per heavy atom. The van der Waals surface area contributed by atoms with E-state index in [9.17, 15) is 19.7 Å². The summed E-state index contributed by atoms with van der Waals surface area (Å²) in [6.45, 7) is 1.47. The number of carbonyl (C=O) groups is 1. The fourth-order valence-electron chi connectivity index (χ4n) is 2.91. The van der Waals surface area contributed by atoms with Gasteiger partial charge in [0, 0.05) is 31.8 Å². The monoisotopic (exact) mass is 337 g/mol. The Labute approximate surface area is 134 Å². The van der Waals surface area contributed by atoms with Crippen molar-refractivity contribution >= 4 is 33.3 Å². The van der Waals surface area contributed by atoms with E-state index in [1.807, 2.05) is 0 Å². The number of nitro groups is 1. The lowest BCUT2D eigenvalue weighted by atomic mass is 9.97. The van der Waals surface area contributed by atoms with Crippen molar-refractivity contribution in [1.29, 1.82) is 0 Å². The molecule has 1 aromatic heterocycles. The van der Waals surface area contributed by atoms with Crippen LogP contribution in [-0.4, -0.2) is 38.7 Å². The van der Waals surface area contributed by atoms with Crippen LogP contribution in [0.25, 0.3) is 10.2 Å². The summed E-state index contributed by atoms with van der Waals surface area (Å²) >= 11 is 1.00. The predicted molar refractivity (Wildman–Crippen MR) is 85.1 cm³/mol. The number of amides is 1. The molecule has 1 N–H and O–H groups in total. The molecule has 0 aliphatic carbocycles. The van der Waals surface area contributed by atoms with E-state index < -0.39 is 11.0 Å². The number of piperidine rings is 1. The molecule has 23 heavy (non-hydrogen) atoms. The Balaban J connectivity index is 1.81. The Kier molecular flexibility index (Phi) is 4.03. The fourth-order valence-corrected chi connectivity index (χ4v) is 3.84. The lowest BCUT2D eigenvalue weighted by molar-refractivity contribution is -0.384. The van der Waals surface area contributed by atoms with E-state index in [0.29, 0.717) is 42.7 Å². The third kappa shape index (κ3) is 3.04. The molecule has 0 atom stereocenters. The number of nitrogens with zero attached hydrogens (tertiary/aromatic N) is 3. The van der Waals surface area contributed by atoms with Gasteiger partial charge in [0.2, 0.25) is 0 Å². The molecule has 8 nitrogen and oxygen atoms in total. The lowest BCUT2D eigenvalue weighted by Crippen LogP contribution is -2.38. The average Bonchev–Trinajstić information content (AvgIpc) is 2.83. The summed E-state index contributed by atoms with van der Waals surface area (Å²) in [7, 11) is 0. The van der Waals surface area contributed by atoms with Crippen LogP contribution in [0.15, 0.2) is 23.0 Å². The predicted octanol–water partition coefficient (Wildman–Crippen LogP) is 2.36. The lowest BCUT2D eigenvalue weighted by Gasteiger charge is -2.30. The number of hydrogen-bond donors (Lipinski definition) is 1. The van der Waals surface area contributed by atoms with Crippen molar-refractivity contribution in [3.05, 3.63) is 38.0 Å². The van der Waals surface area contributed by atoms with Crippen molar-refractivity contribution in [2.75, 3.05) is 13.1 Å². The molecule has 1 aliphatic heterocycles. The Bertz CT molecular complexity index is 819. The number of thiazole rings is 1. The first-order valence-corrected chi connectivity index (χ1v) is 8.03. The number of carboxylic acid groups (broad SMARTS) is 1. The normalized spacial score (nSPS) is 15.9. The van der Waals surface area contributed by atoms with Crippen LogP contribution in [0.3, 0.4) is 0 Å². The Morgan fingerprint density at radius 3 is 2.70 bits per heavy atom. The van der Waals surface area contributed by atoms with Crippen molar-refractivity contribution in [2.24, 2.45) is 5.92 Å². The molecule has 2 heterocycles. The highest BCUT2D eigenvalue weighted by Crippen LogP contribution is 2.25. The molecule has 2 aromatic rings. The maximum Gasteiger partial charge on any atom is 0.407 e. The van der Waals surface area contributed by atoms with Gasteiger partial charge in [-0.1, -0.05) is 11.3 Å². The van der Waals surface area contributed by atoms with E-state index >= 15 is 0 Å². The van der Waals surface area contributed by atoms with E-state index in [2.05, 4.69) is 0 Å². The average molecular weight is 337 g/mol. The molecule has 0 radical (unpaired) electrons. The molecule has 3 rings (SSSR count). The second-order valence-corrected chi connectivity index (χ2v) is 6.59. The van der Waals surface area contributed by atoms with Gasteiger partial charge in [0.05, 0.1) is 15.1 Å². The molecular weight excluding hydrogens is 322 g/mol. The topological polar surface area (TPSA) is 106 Å². The smallest absolute Gasteiger partial charge is 0.407 e. The number of fused-ring (bicyclic) bond motifs is 1. The van der Waals surface area contributed by atoms with Gasteiger partial charge in [0.15, 0.2) is 0 Å². The van der Waals surface area contributed by atoms with Gasteiger partial charge in [-0.3, -0.25) is 19.5 Å². The van der Waals surface area contributed by atoms with Crippen LogP contribution in [0.1, 0.15) is 12.8 Å². The quantitative estimate of drug-likeness (QED) is 0.683. The molecule has 1 amide bonds. The number of likely N-dealkylation sites (tertiary alicyclic amines) is 1. The molecule has 0 spiro atoms. The molecule has 0 unspecified atom stereocenters. The number of nitro benzene ring substituents is 1. The second-order valence-electron chi connectivity index (χ2n) is 5.60. The summed E-state index contributed by atoms with van der Waals surface area (Å²) < 4.78 is 2.25. The summed E-state index contributed by atoms with van der Waals surface area (Å²) in [4.78, 5) is 34.7. The first kappa shape index (κ1) is 15.5. The summed E-state index contributed by atoms with van der Waals surface area (Å²) in [5.41, 5.74) is 0.673. The van der Waals surface area contributed by atoms with Gasteiger partial charge in [-0.2, -0.15) is 0 Å². The maximum atomic E-state index is 12.2. The minimum Gasteiger partial charge on any atom is -0.465 e. The Hall–Kier alpha value is -2.42. The summed E-state index contributed by atoms with van der Waals surface area (Å²) in [6, 6.07) is 4.43. The van der Waals surface area contributed by atoms with Gasteiger partial charge < -0.3 is 10.0 Å². The number of hydrogen-bond acceptors (Lipinski definition) is 5. The highest BCUT2D eigenvalue weighted by molar-refractivity contribution is 7.16. The molecule has 1 saturated heterocycles. The van der Waals surface area contributed by atoms with Crippen LogP contribution in [-0.2, 0) is 6.54 Å². The van der Waals surface area contributed by atoms with Crippen LogP contribution in [0, 0.1) is 16.0 Å². The molecule has 1 aromatic carbocycles. The third-order valence-electron chi connectivity index (χ3n) is 4.19. The number of benzene rings is 1. The van der Waals surface area contributed by atoms with Gasteiger partial charge in [-0.05, 0) is 24.8 Å². The minimum absolute atomic E-state index is 0.0272. The van der Waals surface area contributed by atoms with E-state index in [1.54, 1.807) is 10.6 Å². The van der Waals surface area contributed by atoms with Crippen LogP contribution in [0.5, 0.6) is 0 Å². The molecule has 0 bridgehead atoms. The standard InChI is InChI=1S/C14H15N3O5S/c18-13(19)15-5-3-9(4-6-15)8-16-11-2-1-10(17(21)22)7-12(11)23-14(16)20/h1-2,7,9H,3-6,8H2,(H,18,19). The van der Waals surface area contributed by atoms with Crippen molar-refractivity contribution in [2.45, 2.75) is 19.4 Å². The summed E-state index contributed by atoms with van der Waals surface area (Å²) in [5, 5.41) is 19.8. The van der Waals surface area contributed by atoms with Crippen LogP contribution < -0.4 is 4.87 Å². The SMILES string of the molecule is O=C(O)N1CCC(Cn2c(=O)sc3cc([N+](=O)[O-])ccc32)CC1. The van der Waals surface area contributed by atoms with E-state index in [4.69, 9.17) is 5.11 Å². The van der Waals surface area contributed by atoms with E-state index in [0.717, 1.165) is 11.3 Å². The number of rotatable bonds is 3. The van der Waals surface area contributed by atoms with Crippen LogP contribution >= 0.6 is 11.3 Å². The molecular formula is C14H15N3O5S. The van der Waals surface area contributed by atoms with Gasteiger partial charge in [0.1, 0.15) is 0 Å². The molecule has 1 fully saturated rings. The first-order chi connectivity index (χ1) is 11.0. The first-order valence-electron chi connectivity index (χ1n) is 7.21. The van der Waals surface area contributed by atoms with Gasteiger partial charge in [-0.15, -0.1) is 0 Å². The van der Waals surface area contributed by atoms with E-state index in [1.165, 1.54) is 17.0 Å². The Morgan fingerprint density at radius 2 is 2.09 bits per heavy atom. The zero-order valence-corrected chi connectivity index (χ0v) is 13.0. The highest BCUT2D eigenvalue weighted by Gasteiger charge is 2.24. The second kappa shape index (κ2) is 5.99. The van der Waals surface area contributed by atoms with Gasteiger partial charge >= 0.3 is 11.0 Å². The van der Waals surface area contributed by atoms with Crippen molar-refractivity contribution in [3.63, 3.8) is 0 Å². The zero-order valence-electron chi connectivity index (χ0n) is 12.2. The van der Waals surface area contributed by atoms with Crippen LogP contribution in [0.4, 0.5) is 10.5 Å². The zero-order chi connectivity index (χ0) is 16.6. The van der Waals surface area contributed by atoms with Gasteiger partial charge in [0.25, 0.3) is 5.69 Å². The number of non-ortho nitro benzene ring substituents is 1. The molecule has 0 saturated carbocycles. The summed E-state index contributed by atoms with van der Waals surface area (Å²) in [6.07, 6.45) is 0.514. The molecule has 122 valence electrons. The van der Waals surface area contributed by atoms with E-state index in [-0.39, 0.29) is 16.5 Å². The van der Waals surface area contributed by atoms with Crippen molar-refractivity contribution in [3.8, 4) is 0 Å². The molecule has 1 aliphatic rings. The fraction of sp³-hybridized carbons (Fsp3) is 0.429. The van der Waals surface area contributed by atoms with Gasteiger partial charge in [-0.25, -0.2) is 4.79 Å².